The molecule has 1 aliphatic heterocycles. The van der Waals surface area contributed by atoms with Gasteiger partial charge in [-0.1, -0.05) is 6.42 Å². The minimum absolute atomic E-state index is 0.113. The maximum Gasteiger partial charge on any atom is 0.0583 e. The Kier molecular flexibility index (Phi) is 2.37. The predicted octanol–water partition coefficient (Wildman–Crippen LogP) is 1.63. The average molecular weight is 183 g/mol. The summed E-state index contributed by atoms with van der Waals surface area (Å²) in [5.74, 6) is 0. The number of aliphatic hydroxyl groups is 1. The fourth-order valence-electron chi connectivity index (χ4n) is 2.98. The fraction of sp³-hybridized carbons (Fsp3) is 1.00. The number of likely N-dealkylation sites (tertiary alicyclic amines) is 1. The maximum atomic E-state index is 9.79. The van der Waals surface area contributed by atoms with E-state index in [1.807, 2.05) is 6.92 Å². The molecule has 2 heteroatoms. The summed E-state index contributed by atoms with van der Waals surface area (Å²) in [5, 5.41) is 9.79. The van der Waals surface area contributed by atoms with E-state index in [0.717, 1.165) is 0 Å². The molecule has 0 bridgehead atoms. The van der Waals surface area contributed by atoms with Crippen LogP contribution in [0.15, 0.2) is 0 Å². The Labute approximate surface area is 80.9 Å². The molecule has 2 aliphatic rings. The summed E-state index contributed by atoms with van der Waals surface area (Å²) in [4.78, 5) is 2.46. The molecule has 2 rings (SSSR count). The van der Waals surface area contributed by atoms with E-state index in [0.29, 0.717) is 6.04 Å². The molecular formula is C11H21NO. The van der Waals surface area contributed by atoms with Crippen molar-refractivity contribution in [3.05, 3.63) is 0 Å². The summed E-state index contributed by atoms with van der Waals surface area (Å²) in [6, 6.07) is 0.654. The second-order valence-corrected chi connectivity index (χ2v) is 4.90. The molecule has 76 valence electrons. The van der Waals surface area contributed by atoms with Crippen LogP contribution in [0.4, 0.5) is 0 Å². The van der Waals surface area contributed by atoms with Gasteiger partial charge in [0, 0.05) is 11.5 Å². The quantitative estimate of drug-likeness (QED) is 0.703. The van der Waals surface area contributed by atoms with Gasteiger partial charge in [-0.2, -0.15) is 0 Å². The van der Waals surface area contributed by atoms with Crippen LogP contribution in [-0.2, 0) is 0 Å². The maximum absolute atomic E-state index is 9.79. The molecule has 0 radical (unpaired) electrons. The van der Waals surface area contributed by atoms with E-state index >= 15 is 0 Å². The van der Waals surface area contributed by atoms with Crippen LogP contribution in [0.5, 0.6) is 0 Å². The lowest BCUT2D eigenvalue weighted by Gasteiger charge is -2.40. The second-order valence-electron chi connectivity index (χ2n) is 4.90. The lowest BCUT2D eigenvalue weighted by molar-refractivity contribution is 0.0228. The van der Waals surface area contributed by atoms with Gasteiger partial charge in [0.2, 0.25) is 0 Å². The van der Waals surface area contributed by atoms with Gasteiger partial charge in [-0.25, -0.2) is 0 Å². The Balaban J connectivity index is 2.06. The highest BCUT2D eigenvalue weighted by Gasteiger charge is 2.54. The van der Waals surface area contributed by atoms with Crippen LogP contribution in [0.25, 0.3) is 0 Å². The van der Waals surface area contributed by atoms with Crippen molar-refractivity contribution in [1.29, 1.82) is 0 Å². The number of hydrogen-bond acceptors (Lipinski definition) is 2. The van der Waals surface area contributed by atoms with E-state index in [1.54, 1.807) is 0 Å². The minimum atomic E-state index is -0.113. The van der Waals surface area contributed by atoms with Crippen molar-refractivity contribution in [2.75, 3.05) is 13.6 Å². The highest BCUT2D eigenvalue weighted by atomic mass is 16.3. The third-order valence-electron chi connectivity index (χ3n) is 4.09. The first-order valence-electron chi connectivity index (χ1n) is 5.55. The Morgan fingerprint density at radius 1 is 1.38 bits per heavy atom. The summed E-state index contributed by atoms with van der Waals surface area (Å²) in [5.41, 5.74) is 0.273. The highest BCUT2D eigenvalue weighted by Crippen LogP contribution is 2.54. The molecule has 1 aliphatic carbocycles. The first-order valence-corrected chi connectivity index (χ1v) is 5.55. The van der Waals surface area contributed by atoms with Gasteiger partial charge in [0.25, 0.3) is 0 Å². The van der Waals surface area contributed by atoms with E-state index in [4.69, 9.17) is 0 Å². The molecule has 0 aromatic carbocycles. The van der Waals surface area contributed by atoms with E-state index in [9.17, 15) is 5.11 Å². The van der Waals surface area contributed by atoms with Crippen molar-refractivity contribution in [2.24, 2.45) is 5.41 Å². The van der Waals surface area contributed by atoms with E-state index in [2.05, 4.69) is 11.9 Å². The van der Waals surface area contributed by atoms with Crippen LogP contribution in [0.1, 0.15) is 39.0 Å². The average Bonchev–Trinajstić information content (AvgIpc) is 2.85. The van der Waals surface area contributed by atoms with Gasteiger partial charge in [0.05, 0.1) is 6.10 Å². The molecule has 2 atom stereocenters. The molecule has 1 saturated carbocycles. The van der Waals surface area contributed by atoms with Crippen molar-refractivity contribution in [2.45, 2.75) is 51.2 Å². The van der Waals surface area contributed by atoms with Crippen LogP contribution in [0.2, 0.25) is 0 Å². The standard InChI is InChI=1S/C11H21NO/c1-9(13)11(6-7-11)10-5-3-4-8-12(10)2/h9-10,13H,3-8H2,1-2H3. The van der Waals surface area contributed by atoms with Gasteiger partial charge in [0.1, 0.15) is 0 Å². The molecule has 1 heterocycles. The number of nitrogens with zero attached hydrogens (tertiary/aromatic N) is 1. The Morgan fingerprint density at radius 2 is 2.08 bits per heavy atom. The monoisotopic (exact) mass is 183 g/mol. The summed E-state index contributed by atoms with van der Waals surface area (Å²) in [6.07, 6.45) is 6.34. The van der Waals surface area contributed by atoms with Crippen LogP contribution in [0.3, 0.4) is 0 Å². The Morgan fingerprint density at radius 3 is 2.54 bits per heavy atom. The van der Waals surface area contributed by atoms with Crippen molar-refractivity contribution < 1.29 is 5.11 Å². The SMILES string of the molecule is CC(O)C1(C2CCCCN2C)CC1. The largest absolute Gasteiger partial charge is 0.393 e. The molecule has 0 spiro atoms. The highest BCUT2D eigenvalue weighted by molar-refractivity contribution is 5.06. The van der Waals surface area contributed by atoms with E-state index < -0.39 is 0 Å². The zero-order chi connectivity index (χ0) is 9.47. The number of hydrogen-bond donors (Lipinski definition) is 1. The van der Waals surface area contributed by atoms with Gasteiger partial charge in [-0.15, -0.1) is 0 Å². The lowest BCUT2D eigenvalue weighted by Crippen LogP contribution is -2.46. The van der Waals surface area contributed by atoms with Crippen molar-refractivity contribution in [3.8, 4) is 0 Å². The normalized spacial score (nSPS) is 35.8. The van der Waals surface area contributed by atoms with Crippen LogP contribution >= 0.6 is 0 Å². The van der Waals surface area contributed by atoms with Gasteiger partial charge in [-0.05, 0) is 46.2 Å². The fourth-order valence-corrected chi connectivity index (χ4v) is 2.98. The summed E-state index contributed by atoms with van der Waals surface area (Å²) < 4.78 is 0. The number of rotatable bonds is 2. The summed E-state index contributed by atoms with van der Waals surface area (Å²) >= 11 is 0. The summed E-state index contributed by atoms with van der Waals surface area (Å²) in [6.45, 7) is 3.19. The first-order chi connectivity index (χ1) is 6.17. The summed E-state index contributed by atoms with van der Waals surface area (Å²) in [7, 11) is 2.21. The van der Waals surface area contributed by atoms with E-state index in [-0.39, 0.29) is 11.5 Å². The molecule has 0 aromatic heterocycles. The van der Waals surface area contributed by atoms with Gasteiger partial charge in [0.15, 0.2) is 0 Å². The predicted molar refractivity (Wildman–Crippen MR) is 53.6 cm³/mol. The van der Waals surface area contributed by atoms with Crippen LogP contribution in [-0.4, -0.2) is 35.7 Å². The van der Waals surface area contributed by atoms with Crippen molar-refractivity contribution >= 4 is 0 Å². The Hall–Kier alpha value is -0.0800. The molecule has 0 aromatic rings. The van der Waals surface area contributed by atoms with Gasteiger partial charge >= 0.3 is 0 Å². The van der Waals surface area contributed by atoms with Crippen molar-refractivity contribution in [1.82, 2.24) is 4.90 Å². The van der Waals surface area contributed by atoms with Crippen LogP contribution in [0, 0.1) is 5.41 Å². The van der Waals surface area contributed by atoms with Crippen molar-refractivity contribution in [3.63, 3.8) is 0 Å². The molecule has 13 heavy (non-hydrogen) atoms. The van der Waals surface area contributed by atoms with Crippen LogP contribution < -0.4 is 0 Å². The minimum Gasteiger partial charge on any atom is -0.393 e. The topological polar surface area (TPSA) is 23.5 Å². The molecular weight excluding hydrogens is 162 g/mol. The zero-order valence-electron chi connectivity index (χ0n) is 8.79. The number of aliphatic hydroxyl groups excluding tert-OH is 1. The van der Waals surface area contributed by atoms with Gasteiger partial charge in [-0.3, -0.25) is 0 Å². The number of piperidine rings is 1. The molecule has 0 amide bonds. The van der Waals surface area contributed by atoms with Gasteiger partial charge < -0.3 is 10.0 Å². The van der Waals surface area contributed by atoms with E-state index in [1.165, 1.54) is 38.6 Å². The zero-order valence-corrected chi connectivity index (χ0v) is 8.79. The molecule has 1 saturated heterocycles. The molecule has 2 fully saturated rings. The lowest BCUT2D eigenvalue weighted by atomic mass is 9.84. The first kappa shape index (κ1) is 9.47. The smallest absolute Gasteiger partial charge is 0.0583 e. The third-order valence-corrected chi connectivity index (χ3v) is 4.09. The molecule has 2 unspecified atom stereocenters. The molecule has 2 nitrogen and oxygen atoms in total. The Bertz CT molecular complexity index is 187. The third kappa shape index (κ3) is 1.50. The molecule has 1 N–H and O–H groups in total. The second kappa shape index (κ2) is 3.25.